The lowest BCUT2D eigenvalue weighted by atomic mass is 10.1. The molecule has 0 radical (unpaired) electrons. The Balaban J connectivity index is 2.18. The van der Waals surface area contributed by atoms with Crippen LogP contribution in [-0.4, -0.2) is 30.9 Å². The fourth-order valence-corrected chi connectivity index (χ4v) is 3.31. The highest BCUT2D eigenvalue weighted by molar-refractivity contribution is 9.10. The van der Waals surface area contributed by atoms with Crippen LogP contribution in [0, 0.1) is 24.0 Å². The number of aromatic nitrogens is 2. The number of phenolic OH excluding ortho intramolecular Hbond substituents is 1. The van der Waals surface area contributed by atoms with Gasteiger partial charge in [-0.25, -0.2) is 9.36 Å². The topological polar surface area (TPSA) is 151 Å². The van der Waals surface area contributed by atoms with Crippen molar-refractivity contribution in [2.24, 2.45) is 4.99 Å². The van der Waals surface area contributed by atoms with E-state index in [1.807, 2.05) is 13.8 Å². The van der Waals surface area contributed by atoms with Crippen molar-refractivity contribution in [2.45, 2.75) is 13.8 Å². The van der Waals surface area contributed by atoms with Crippen LogP contribution >= 0.6 is 15.9 Å². The molecular weight excluding hydrogens is 460 g/mol. The van der Waals surface area contributed by atoms with Crippen LogP contribution in [0.15, 0.2) is 49.4 Å². The number of aromatic hydroxyl groups is 2. The average molecular weight is 475 g/mol. The van der Waals surface area contributed by atoms with E-state index < -0.39 is 22.1 Å². The molecule has 154 valence electrons. The highest BCUT2D eigenvalue weighted by Gasteiger charge is 2.17. The minimum Gasteiger partial charge on any atom is -0.506 e. The number of nitrogens with zero attached hydrogens (tertiary/aromatic N) is 3. The monoisotopic (exact) mass is 474 g/mol. The van der Waals surface area contributed by atoms with Gasteiger partial charge in [0.05, 0.1) is 10.6 Å². The summed E-state index contributed by atoms with van der Waals surface area (Å²) >= 11 is 3.34. The van der Waals surface area contributed by atoms with Gasteiger partial charge in [-0.1, -0.05) is 0 Å². The lowest BCUT2D eigenvalue weighted by Crippen LogP contribution is -2.31. The molecule has 0 bridgehead atoms. The van der Waals surface area contributed by atoms with Crippen molar-refractivity contribution in [3.63, 3.8) is 0 Å². The smallest absolute Gasteiger partial charge is 0.335 e. The first kappa shape index (κ1) is 21.0. The Bertz CT molecular complexity index is 1330. The zero-order valence-electron chi connectivity index (χ0n) is 15.7. The summed E-state index contributed by atoms with van der Waals surface area (Å²) in [5.74, 6) is -1.04. The van der Waals surface area contributed by atoms with Crippen molar-refractivity contribution in [1.82, 2.24) is 9.55 Å². The largest absolute Gasteiger partial charge is 0.506 e. The van der Waals surface area contributed by atoms with E-state index in [0.29, 0.717) is 10.2 Å². The molecule has 0 atom stereocenters. The van der Waals surface area contributed by atoms with E-state index in [1.54, 1.807) is 12.1 Å². The summed E-state index contributed by atoms with van der Waals surface area (Å²) in [6.45, 7) is 3.70. The first-order chi connectivity index (χ1) is 14.1. The first-order valence-electron chi connectivity index (χ1n) is 8.47. The highest BCUT2D eigenvalue weighted by atomic mass is 79.9. The van der Waals surface area contributed by atoms with Crippen LogP contribution in [-0.2, 0) is 0 Å². The average Bonchev–Trinajstić information content (AvgIpc) is 2.66. The van der Waals surface area contributed by atoms with Crippen molar-refractivity contribution in [3.05, 3.63) is 82.4 Å². The third kappa shape index (κ3) is 3.87. The van der Waals surface area contributed by atoms with Gasteiger partial charge < -0.3 is 10.2 Å². The van der Waals surface area contributed by atoms with Crippen molar-refractivity contribution in [2.75, 3.05) is 0 Å². The minimum atomic E-state index is -0.914. The van der Waals surface area contributed by atoms with Gasteiger partial charge in [-0.15, -0.1) is 0 Å². The molecule has 0 unspecified atom stereocenters. The Morgan fingerprint density at radius 2 is 1.83 bits per heavy atom. The van der Waals surface area contributed by atoms with Crippen molar-refractivity contribution in [3.8, 4) is 17.3 Å². The number of aliphatic imine (C=N–C) groups is 1. The minimum absolute atomic E-state index is 0.187. The molecule has 1 heterocycles. The summed E-state index contributed by atoms with van der Waals surface area (Å²) in [5.41, 5.74) is -0.558. The molecule has 0 aliphatic carbocycles. The van der Waals surface area contributed by atoms with Crippen LogP contribution in [0.2, 0.25) is 0 Å². The fraction of sp³-hybridized carbons (Fsp3) is 0.105. The summed E-state index contributed by atoms with van der Waals surface area (Å²) in [6, 6.07) is 6.60. The van der Waals surface area contributed by atoms with Crippen LogP contribution in [0.4, 0.5) is 11.4 Å². The van der Waals surface area contributed by atoms with E-state index >= 15 is 0 Å². The molecule has 1 aromatic heterocycles. The van der Waals surface area contributed by atoms with Crippen molar-refractivity contribution in [1.29, 1.82) is 0 Å². The van der Waals surface area contributed by atoms with E-state index in [0.717, 1.165) is 40.1 Å². The molecule has 0 aliphatic heterocycles. The maximum atomic E-state index is 12.4. The summed E-state index contributed by atoms with van der Waals surface area (Å²) in [7, 11) is 0. The molecule has 0 aliphatic rings. The molecule has 0 fully saturated rings. The van der Waals surface area contributed by atoms with Crippen LogP contribution in [0.3, 0.4) is 0 Å². The number of hydrogen-bond acceptors (Lipinski definition) is 7. The third-order valence-corrected chi connectivity index (χ3v) is 5.06. The Kier molecular flexibility index (Phi) is 5.56. The van der Waals surface area contributed by atoms with Gasteiger partial charge in [0.2, 0.25) is 5.88 Å². The lowest BCUT2D eigenvalue weighted by Gasteiger charge is -2.13. The molecule has 3 aromatic rings. The number of aromatic amines is 1. The quantitative estimate of drug-likeness (QED) is 0.300. The maximum Gasteiger partial charge on any atom is 0.335 e. The maximum absolute atomic E-state index is 12.4. The number of nitro groups is 1. The molecule has 3 rings (SSSR count). The number of halogens is 1. The fourth-order valence-electron chi connectivity index (χ4n) is 2.68. The molecule has 10 nitrogen and oxygen atoms in total. The Hall–Kier alpha value is -3.73. The Morgan fingerprint density at radius 3 is 2.50 bits per heavy atom. The Morgan fingerprint density at radius 1 is 1.17 bits per heavy atom. The van der Waals surface area contributed by atoms with Crippen LogP contribution in [0.5, 0.6) is 11.6 Å². The van der Waals surface area contributed by atoms with E-state index in [9.17, 15) is 29.9 Å². The number of phenols is 1. The number of hydrogen-bond donors (Lipinski definition) is 3. The molecule has 3 N–H and O–H groups in total. The first-order valence-corrected chi connectivity index (χ1v) is 9.26. The van der Waals surface area contributed by atoms with Gasteiger partial charge in [0.15, 0.2) is 0 Å². The van der Waals surface area contributed by atoms with Gasteiger partial charge in [0.25, 0.3) is 11.2 Å². The van der Waals surface area contributed by atoms with E-state index in [2.05, 4.69) is 25.9 Å². The number of H-pyrrole nitrogens is 1. The third-order valence-electron chi connectivity index (χ3n) is 4.43. The summed E-state index contributed by atoms with van der Waals surface area (Å²) in [6.07, 6.45) is 0.915. The molecule has 30 heavy (non-hydrogen) atoms. The van der Waals surface area contributed by atoms with E-state index in [4.69, 9.17) is 0 Å². The lowest BCUT2D eigenvalue weighted by molar-refractivity contribution is -0.384. The number of benzene rings is 2. The Labute approximate surface area is 177 Å². The van der Waals surface area contributed by atoms with E-state index in [-0.39, 0.29) is 22.7 Å². The molecule has 0 saturated carbocycles. The van der Waals surface area contributed by atoms with Gasteiger partial charge in [0.1, 0.15) is 17.0 Å². The second-order valence-corrected chi connectivity index (χ2v) is 7.26. The number of rotatable bonds is 4. The molecule has 11 heteroatoms. The second-order valence-electron chi connectivity index (χ2n) is 6.41. The van der Waals surface area contributed by atoms with Crippen LogP contribution in [0.1, 0.15) is 16.7 Å². The predicted molar refractivity (Wildman–Crippen MR) is 114 cm³/mol. The van der Waals surface area contributed by atoms with Gasteiger partial charge in [-0.3, -0.25) is 24.9 Å². The SMILES string of the molecule is Cc1cc(Br)c(-n2c(O)c(C=Nc3cc([N+](=O)[O-])ccc3O)c(=O)[nH]c2=O)cc1C. The van der Waals surface area contributed by atoms with Crippen molar-refractivity contribution < 1.29 is 15.1 Å². The number of nitrogens with one attached hydrogen (secondary N) is 1. The van der Waals surface area contributed by atoms with Gasteiger partial charge in [-0.2, -0.15) is 0 Å². The standard InChI is InChI=1S/C19H15BrN4O6/c1-9-5-13(20)15(6-10(9)2)23-18(27)12(17(26)22-19(23)28)8-21-14-7-11(24(29)30)3-4-16(14)25/h3-8,25,27H,1-2H3,(H,22,26,28). The summed E-state index contributed by atoms with van der Waals surface area (Å²) in [4.78, 5) is 40.8. The second kappa shape index (κ2) is 7.95. The van der Waals surface area contributed by atoms with Gasteiger partial charge >= 0.3 is 5.69 Å². The number of non-ortho nitro benzene ring substituents is 1. The summed E-state index contributed by atoms with van der Waals surface area (Å²) in [5, 5.41) is 31.4. The molecule has 2 aromatic carbocycles. The zero-order chi connectivity index (χ0) is 22.2. The predicted octanol–water partition coefficient (Wildman–Crippen LogP) is 2.98. The number of nitro benzene ring substituents is 1. The normalized spacial score (nSPS) is 11.2. The van der Waals surface area contributed by atoms with Gasteiger partial charge in [-0.05, 0) is 59.1 Å². The molecule has 0 saturated heterocycles. The number of aryl methyl sites for hydroxylation is 2. The van der Waals surface area contributed by atoms with E-state index in [1.165, 1.54) is 0 Å². The van der Waals surface area contributed by atoms with Gasteiger partial charge in [0, 0.05) is 22.8 Å². The highest BCUT2D eigenvalue weighted by Crippen LogP contribution is 2.31. The summed E-state index contributed by atoms with van der Waals surface area (Å²) < 4.78 is 1.40. The molecule has 0 amide bonds. The molecule has 0 spiro atoms. The van der Waals surface area contributed by atoms with Crippen LogP contribution in [0.25, 0.3) is 5.69 Å². The van der Waals surface area contributed by atoms with Crippen LogP contribution < -0.4 is 11.2 Å². The zero-order valence-corrected chi connectivity index (χ0v) is 17.3. The molecular formula is C19H15BrN4O6. The van der Waals surface area contributed by atoms with Crippen molar-refractivity contribution >= 4 is 33.5 Å².